The molecule has 0 bridgehead atoms. The molecule has 1 heterocycles. The number of benzene rings is 1. The van der Waals surface area contributed by atoms with E-state index >= 15 is 0 Å². The largest absolute Gasteiger partial charge is 0.486 e. The maximum atomic E-state index is 6.54. The second-order valence-electron chi connectivity index (χ2n) is 6.39. The van der Waals surface area contributed by atoms with Crippen LogP contribution in [0.5, 0.6) is 11.5 Å². The molecule has 114 valence electrons. The predicted octanol–water partition coefficient (Wildman–Crippen LogP) is 3.81. The Hall–Kier alpha value is -0.930. The third kappa shape index (κ3) is 2.31. The van der Waals surface area contributed by atoms with Gasteiger partial charge >= 0.3 is 0 Å². The zero-order valence-corrected chi connectivity index (χ0v) is 13.2. The van der Waals surface area contributed by atoms with Gasteiger partial charge in [0.2, 0.25) is 0 Å². The van der Waals surface area contributed by atoms with Crippen LogP contribution in [0, 0.1) is 17.8 Å². The summed E-state index contributed by atoms with van der Waals surface area (Å²) in [6, 6.07) is 4.38. The lowest BCUT2D eigenvalue weighted by Crippen LogP contribution is -2.25. The highest BCUT2D eigenvalue weighted by Gasteiger charge is 2.56. The minimum atomic E-state index is 0.355. The summed E-state index contributed by atoms with van der Waals surface area (Å²) in [5.74, 6) is 4.17. The van der Waals surface area contributed by atoms with Crippen molar-refractivity contribution in [2.24, 2.45) is 17.8 Å². The van der Waals surface area contributed by atoms with Crippen molar-refractivity contribution in [3.05, 3.63) is 22.7 Å². The molecule has 0 radical (unpaired) electrons. The van der Waals surface area contributed by atoms with Crippen LogP contribution >= 0.6 is 11.6 Å². The highest BCUT2D eigenvalue weighted by molar-refractivity contribution is 6.31. The van der Waals surface area contributed by atoms with Gasteiger partial charge in [-0.2, -0.15) is 0 Å². The second-order valence-corrected chi connectivity index (χ2v) is 6.80. The molecule has 1 aromatic rings. The topological polar surface area (TPSA) is 30.5 Å². The molecule has 3 atom stereocenters. The summed E-state index contributed by atoms with van der Waals surface area (Å²) in [6.07, 6.45) is 4.18. The molecule has 0 saturated heterocycles. The SMILES string of the molecule is CCNC(c1cc2c(cc1Cl)OCCO2)C1C2CCCC21. The van der Waals surface area contributed by atoms with Crippen molar-refractivity contribution >= 4 is 11.6 Å². The summed E-state index contributed by atoms with van der Waals surface area (Å²) < 4.78 is 11.3. The van der Waals surface area contributed by atoms with Crippen molar-refractivity contribution in [2.45, 2.75) is 32.2 Å². The number of ether oxygens (including phenoxy) is 2. The van der Waals surface area contributed by atoms with Crippen molar-refractivity contribution in [3.8, 4) is 11.5 Å². The van der Waals surface area contributed by atoms with Gasteiger partial charge in [0.05, 0.1) is 0 Å². The lowest BCUT2D eigenvalue weighted by atomic mass is 9.96. The Morgan fingerprint density at radius 2 is 1.86 bits per heavy atom. The molecule has 21 heavy (non-hydrogen) atoms. The molecular formula is C17H22ClNO2. The van der Waals surface area contributed by atoms with Gasteiger partial charge < -0.3 is 14.8 Å². The first-order valence-electron chi connectivity index (χ1n) is 8.12. The summed E-state index contributed by atoms with van der Waals surface area (Å²) in [4.78, 5) is 0. The van der Waals surface area contributed by atoms with E-state index in [1.54, 1.807) is 0 Å². The average Bonchev–Trinajstić information content (AvgIpc) is 2.95. The molecule has 2 fully saturated rings. The van der Waals surface area contributed by atoms with Crippen molar-refractivity contribution in [1.82, 2.24) is 5.32 Å². The number of fused-ring (bicyclic) bond motifs is 2. The van der Waals surface area contributed by atoms with Gasteiger partial charge in [0, 0.05) is 17.1 Å². The molecule has 4 rings (SSSR count). The highest BCUT2D eigenvalue weighted by atomic mass is 35.5. The van der Waals surface area contributed by atoms with Crippen LogP contribution in [-0.2, 0) is 0 Å². The van der Waals surface area contributed by atoms with E-state index in [0.29, 0.717) is 19.3 Å². The van der Waals surface area contributed by atoms with E-state index < -0.39 is 0 Å². The fourth-order valence-corrected chi connectivity index (χ4v) is 4.63. The molecule has 4 heteroatoms. The maximum absolute atomic E-state index is 6.54. The second kappa shape index (κ2) is 5.36. The van der Waals surface area contributed by atoms with Gasteiger partial charge in [0.1, 0.15) is 13.2 Å². The van der Waals surface area contributed by atoms with Crippen LogP contribution in [0.1, 0.15) is 37.8 Å². The zero-order chi connectivity index (χ0) is 14.4. The Morgan fingerprint density at radius 3 is 2.52 bits per heavy atom. The van der Waals surface area contributed by atoms with Crippen LogP contribution in [0.25, 0.3) is 0 Å². The normalized spacial score (nSPS) is 30.9. The monoisotopic (exact) mass is 307 g/mol. The average molecular weight is 308 g/mol. The molecule has 1 N–H and O–H groups in total. The minimum Gasteiger partial charge on any atom is -0.486 e. The van der Waals surface area contributed by atoms with E-state index in [9.17, 15) is 0 Å². The number of hydrogen-bond acceptors (Lipinski definition) is 3. The van der Waals surface area contributed by atoms with Gasteiger partial charge in [-0.1, -0.05) is 24.9 Å². The van der Waals surface area contributed by atoms with Gasteiger partial charge in [-0.05, 0) is 48.8 Å². The summed E-state index contributed by atoms with van der Waals surface area (Å²) in [7, 11) is 0. The summed E-state index contributed by atoms with van der Waals surface area (Å²) in [6.45, 7) is 4.35. The first-order valence-corrected chi connectivity index (χ1v) is 8.50. The molecule has 0 amide bonds. The fourth-order valence-electron chi connectivity index (χ4n) is 4.36. The Balaban J connectivity index is 1.66. The minimum absolute atomic E-state index is 0.355. The van der Waals surface area contributed by atoms with Gasteiger partial charge in [-0.15, -0.1) is 0 Å². The molecule has 2 aliphatic carbocycles. The van der Waals surface area contributed by atoms with Crippen LogP contribution in [0.3, 0.4) is 0 Å². The molecule has 3 unspecified atom stereocenters. The van der Waals surface area contributed by atoms with Crippen LogP contribution in [0.15, 0.2) is 12.1 Å². The number of rotatable bonds is 4. The smallest absolute Gasteiger partial charge is 0.162 e. The maximum Gasteiger partial charge on any atom is 0.162 e. The third-order valence-electron chi connectivity index (χ3n) is 5.28. The van der Waals surface area contributed by atoms with E-state index in [1.165, 1.54) is 24.8 Å². The molecule has 0 aromatic heterocycles. The number of nitrogens with one attached hydrogen (secondary N) is 1. The van der Waals surface area contributed by atoms with Crippen molar-refractivity contribution in [3.63, 3.8) is 0 Å². The van der Waals surface area contributed by atoms with Crippen molar-refractivity contribution in [1.29, 1.82) is 0 Å². The Bertz CT molecular complexity index is 538. The number of halogens is 1. The van der Waals surface area contributed by atoms with Crippen molar-refractivity contribution in [2.75, 3.05) is 19.8 Å². The quantitative estimate of drug-likeness (QED) is 0.917. The fraction of sp³-hybridized carbons (Fsp3) is 0.647. The lowest BCUT2D eigenvalue weighted by molar-refractivity contribution is 0.171. The third-order valence-corrected chi connectivity index (χ3v) is 5.61. The van der Waals surface area contributed by atoms with Crippen molar-refractivity contribution < 1.29 is 9.47 Å². The molecular weight excluding hydrogens is 286 g/mol. The van der Waals surface area contributed by atoms with Crippen LogP contribution < -0.4 is 14.8 Å². The van der Waals surface area contributed by atoms with E-state index in [4.69, 9.17) is 21.1 Å². The zero-order valence-electron chi connectivity index (χ0n) is 12.4. The van der Waals surface area contributed by atoms with E-state index in [1.807, 2.05) is 6.07 Å². The number of hydrogen-bond donors (Lipinski definition) is 1. The van der Waals surface area contributed by atoms with Gasteiger partial charge in [0.15, 0.2) is 11.5 Å². The highest BCUT2D eigenvalue weighted by Crippen LogP contribution is 2.62. The predicted molar refractivity (Wildman–Crippen MR) is 83.2 cm³/mol. The lowest BCUT2D eigenvalue weighted by Gasteiger charge is -2.25. The van der Waals surface area contributed by atoms with Crippen LogP contribution in [0.4, 0.5) is 0 Å². The molecule has 3 aliphatic rings. The van der Waals surface area contributed by atoms with Crippen LogP contribution in [-0.4, -0.2) is 19.8 Å². The molecule has 2 saturated carbocycles. The van der Waals surface area contributed by atoms with E-state index in [0.717, 1.165) is 40.8 Å². The molecule has 0 spiro atoms. The summed E-state index contributed by atoms with van der Waals surface area (Å²) >= 11 is 6.54. The Kier molecular flexibility index (Phi) is 3.50. The summed E-state index contributed by atoms with van der Waals surface area (Å²) in [5, 5.41) is 4.46. The molecule has 3 nitrogen and oxygen atoms in total. The summed E-state index contributed by atoms with van der Waals surface area (Å²) in [5.41, 5.74) is 1.18. The Morgan fingerprint density at radius 1 is 1.19 bits per heavy atom. The Labute approximate surface area is 131 Å². The standard InChI is InChI=1S/C17H22ClNO2/c1-2-19-17(16-10-4-3-5-11(10)16)12-8-14-15(9-13(12)18)21-7-6-20-14/h8-11,16-17,19H,2-7H2,1H3. The van der Waals surface area contributed by atoms with E-state index in [-0.39, 0.29) is 0 Å². The first-order chi connectivity index (χ1) is 10.3. The first kappa shape index (κ1) is 13.7. The van der Waals surface area contributed by atoms with Gasteiger partial charge in [-0.25, -0.2) is 0 Å². The van der Waals surface area contributed by atoms with Gasteiger partial charge in [-0.3, -0.25) is 0 Å². The molecule has 1 aromatic carbocycles. The van der Waals surface area contributed by atoms with E-state index in [2.05, 4.69) is 18.3 Å². The van der Waals surface area contributed by atoms with Gasteiger partial charge in [0.25, 0.3) is 0 Å². The van der Waals surface area contributed by atoms with Crippen LogP contribution in [0.2, 0.25) is 5.02 Å². The molecule has 1 aliphatic heterocycles.